The monoisotopic (exact) mass is 326 g/mol. The molecular formula is C18H18N2O2S. The molecule has 3 rings (SSSR count). The number of ether oxygens (including phenoxy) is 1. The van der Waals surface area contributed by atoms with Crippen LogP contribution in [0.2, 0.25) is 0 Å². The molecule has 1 amide bonds. The van der Waals surface area contributed by atoms with Crippen molar-refractivity contribution in [1.82, 2.24) is 5.32 Å². The maximum atomic E-state index is 12.3. The van der Waals surface area contributed by atoms with E-state index in [1.54, 1.807) is 24.3 Å². The molecule has 1 aliphatic rings. The maximum absolute atomic E-state index is 12.3. The van der Waals surface area contributed by atoms with E-state index in [2.05, 4.69) is 11.4 Å². The summed E-state index contributed by atoms with van der Waals surface area (Å²) in [7, 11) is 0. The summed E-state index contributed by atoms with van der Waals surface area (Å²) in [6.07, 6.45) is 0.940. The molecular weight excluding hydrogens is 308 g/mol. The van der Waals surface area contributed by atoms with Crippen molar-refractivity contribution in [3.8, 4) is 5.75 Å². The lowest BCUT2D eigenvalue weighted by Gasteiger charge is -2.20. The second kappa shape index (κ2) is 6.79. The summed E-state index contributed by atoms with van der Waals surface area (Å²) in [5, 5.41) is 3.25. The molecule has 0 radical (unpaired) electrons. The predicted molar refractivity (Wildman–Crippen MR) is 95.2 cm³/mol. The van der Waals surface area contributed by atoms with Crippen molar-refractivity contribution in [3.05, 3.63) is 59.7 Å². The lowest BCUT2D eigenvalue weighted by Crippen LogP contribution is -2.41. The van der Waals surface area contributed by atoms with Crippen LogP contribution in [0.15, 0.2) is 48.5 Å². The summed E-state index contributed by atoms with van der Waals surface area (Å²) in [6.45, 7) is 3.32. The molecule has 0 saturated heterocycles. The number of nitrogens with one attached hydrogen (secondary N) is 1. The van der Waals surface area contributed by atoms with Crippen LogP contribution in [-0.2, 0) is 6.42 Å². The van der Waals surface area contributed by atoms with Gasteiger partial charge < -0.3 is 9.64 Å². The molecule has 1 aliphatic heterocycles. The molecule has 118 valence electrons. The number of benzene rings is 2. The van der Waals surface area contributed by atoms with E-state index in [-0.39, 0.29) is 5.91 Å². The topological polar surface area (TPSA) is 41.6 Å². The third kappa shape index (κ3) is 3.35. The van der Waals surface area contributed by atoms with Crippen molar-refractivity contribution in [2.24, 2.45) is 0 Å². The standard InChI is InChI=1S/C18H18N2O2S/c1-2-22-15-9-7-14(8-10-15)17(21)19-18(23)20-12-11-13-5-3-4-6-16(13)20/h3-10H,2,11-12H2,1H3,(H,19,21,23). The van der Waals surface area contributed by atoms with Gasteiger partial charge in [0.1, 0.15) is 5.75 Å². The Labute approximate surface area is 141 Å². The average Bonchev–Trinajstić information content (AvgIpc) is 3.00. The zero-order valence-electron chi connectivity index (χ0n) is 12.9. The normalized spacial score (nSPS) is 12.7. The third-order valence-electron chi connectivity index (χ3n) is 3.78. The highest BCUT2D eigenvalue weighted by molar-refractivity contribution is 7.80. The van der Waals surface area contributed by atoms with Crippen LogP contribution in [-0.4, -0.2) is 24.2 Å². The highest BCUT2D eigenvalue weighted by Crippen LogP contribution is 2.27. The number of carbonyl (C=O) groups is 1. The number of thiocarbonyl (C=S) groups is 1. The van der Waals surface area contributed by atoms with Crippen LogP contribution < -0.4 is 15.0 Å². The Bertz CT molecular complexity index is 728. The van der Waals surface area contributed by atoms with Gasteiger partial charge >= 0.3 is 0 Å². The molecule has 0 aliphatic carbocycles. The Morgan fingerprint density at radius 2 is 1.96 bits per heavy atom. The van der Waals surface area contributed by atoms with E-state index >= 15 is 0 Å². The van der Waals surface area contributed by atoms with Crippen molar-refractivity contribution in [1.29, 1.82) is 0 Å². The van der Waals surface area contributed by atoms with E-state index in [1.165, 1.54) is 5.56 Å². The number of rotatable bonds is 3. The minimum atomic E-state index is -0.206. The zero-order chi connectivity index (χ0) is 16.2. The fourth-order valence-electron chi connectivity index (χ4n) is 2.66. The first-order valence-electron chi connectivity index (χ1n) is 7.62. The number of amides is 1. The molecule has 1 N–H and O–H groups in total. The number of nitrogens with zero attached hydrogens (tertiary/aromatic N) is 1. The number of hydrogen-bond acceptors (Lipinski definition) is 3. The van der Waals surface area contributed by atoms with Crippen LogP contribution in [0.1, 0.15) is 22.8 Å². The summed E-state index contributed by atoms with van der Waals surface area (Å²) in [4.78, 5) is 14.3. The van der Waals surface area contributed by atoms with Crippen molar-refractivity contribution in [2.45, 2.75) is 13.3 Å². The third-order valence-corrected chi connectivity index (χ3v) is 4.10. The highest BCUT2D eigenvalue weighted by Gasteiger charge is 2.22. The Morgan fingerprint density at radius 3 is 2.70 bits per heavy atom. The lowest BCUT2D eigenvalue weighted by atomic mass is 10.2. The van der Waals surface area contributed by atoms with E-state index < -0.39 is 0 Å². The van der Waals surface area contributed by atoms with Crippen LogP contribution in [0.25, 0.3) is 0 Å². The van der Waals surface area contributed by atoms with Gasteiger partial charge in [0.05, 0.1) is 6.61 Å². The van der Waals surface area contributed by atoms with Gasteiger partial charge in [0.25, 0.3) is 5.91 Å². The van der Waals surface area contributed by atoms with Crippen LogP contribution in [0.4, 0.5) is 5.69 Å². The molecule has 0 saturated carbocycles. The second-order valence-electron chi connectivity index (χ2n) is 5.25. The largest absolute Gasteiger partial charge is 0.494 e. The minimum absolute atomic E-state index is 0.206. The molecule has 2 aromatic rings. The van der Waals surface area contributed by atoms with Crippen LogP contribution in [0.3, 0.4) is 0 Å². The second-order valence-corrected chi connectivity index (χ2v) is 5.63. The predicted octanol–water partition coefficient (Wildman–Crippen LogP) is 3.16. The fourth-order valence-corrected chi connectivity index (χ4v) is 2.94. The lowest BCUT2D eigenvalue weighted by molar-refractivity contribution is 0.0977. The Hall–Kier alpha value is -2.40. The van der Waals surface area contributed by atoms with Gasteiger partial charge in [-0.25, -0.2) is 0 Å². The number of fused-ring (bicyclic) bond motifs is 1. The number of carbonyl (C=O) groups excluding carboxylic acids is 1. The van der Waals surface area contributed by atoms with Gasteiger partial charge in [-0.15, -0.1) is 0 Å². The Kier molecular flexibility index (Phi) is 4.57. The van der Waals surface area contributed by atoms with Crippen molar-refractivity contribution in [2.75, 3.05) is 18.1 Å². The minimum Gasteiger partial charge on any atom is -0.494 e. The van der Waals surface area contributed by atoms with Crippen LogP contribution in [0, 0.1) is 0 Å². The molecule has 0 unspecified atom stereocenters. The van der Waals surface area contributed by atoms with Crippen molar-refractivity contribution >= 4 is 28.9 Å². The number of para-hydroxylation sites is 1. The van der Waals surface area contributed by atoms with Crippen LogP contribution in [0.5, 0.6) is 5.75 Å². The van der Waals surface area contributed by atoms with Gasteiger partial charge in [0.2, 0.25) is 0 Å². The maximum Gasteiger partial charge on any atom is 0.257 e. The molecule has 5 heteroatoms. The smallest absolute Gasteiger partial charge is 0.257 e. The number of hydrogen-bond donors (Lipinski definition) is 1. The van der Waals surface area contributed by atoms with E-state index in [1.807, 2.05) is 30.0 Å². The van der Waals surface area contributed by atoms with Gasteiger partial charge in [-0.3, -0.25) is 10.1 Å². The molecule has 1 heterocycles. The van der Waals surface area contributed by atoms with E-state index in [4.69, 9.17) is 17.0 Å². The molecule has 0 atom stereocenters. The molecule has 0 bridgehead atoms. The summed E-state index contributed by atoms with van der Waals surface area (Å²) in [5.41, 5.74) is 2.89. The van der Waals surface area contributed by atoms with Gasteiger partial charge in [-0.05, 0) is 61.5 Å². The summed E-state index contributed by atoms with van der Waals surface area (Å²) in [5.74, 6) is 0.544. The van der Waals surface area contributed by atoms with Crippen molar-refractivity contribution in [3.63, 3.8) is 0 Å². The highest BCUT2D eigenvalue weighted by atomic mass is 32.1. The average molecular weight is 326 g/mol. The molecule has 2 aromatic carbocycles. The number of anilines is 1. The summed E-state index contributed by atoms with van der Waals surface area (Å²) in [6, 6.07) is 15.2. The molecule has 0 spiro atoms. The molecule has 4 nitrogen and oxygen atoms in total. The Morgan fingerprint density at radius 1 is 1.22 bits per heavy atom. The zero-order valence-corrected chi connectivity index (χ0v) is 13.7. The quantitative estimate of drug-likeness (QED) is 0.880. The first-order valence-corrected chi connectivity index (χ1v) is 8.03. The van der Waals surface area contributed by atoms with Crippen LogP contribution >= 0.6 is 12.2 Å². The van der Waals surface area contributed by atoms with E-state index in [0.717, 1.165) is 24.4 Å². The first-order chi connectivity index (χ1) is 11.2. The molecule has 0 fully saturated rings. The summed E-state index contributed by atoms with van der Waals surface area (Å²) >= 11 is 5.40. The fraction of sp³-hybridized carbons (Fsp3) is 0.222. The van der Waals surface area contributed by atoms with Crippen molar-refractivity contribution < 1.29 is 9.53 Å². The SMILES string of the molecule is CCOc1ccc(C(=O)NC(=S)N2CCc3ccccc32)cc1. The molecule has 23 heavy (non-hydrogen) atoms. The first kappa shape index (κ1) is 15.5. The molecule has 0 aromatic heterocycles. The Balaban J connectivity index is 1.67. The van der Waals surface area contributed by atoms with E-state index in [9.17, 15) is 4.79 Å². The van der Waals surface area contributed by atoms with E-state index in [0.29, 0.717) is 17.3 Å². The van der Waals surface area contributed by atoms with Gasteiger partial charge in [-0.2, -0.15) is 0 Å². The summed E-state index contributed by atoms with van der Waals surface area (Å²) < 4.78 is 5.38. The van der Waals surface area contributed by atoms with Gasteiger partial charge in [-0.1, -0.05) is 18.2 Å². The van der Waals surface area contributed by atoms with Gasteiger partial charge in [0, 0.05) is 17.8 Å². The van der Waals surface area contributed by atoms with Gasteiger partial charge in [0.15, 0.2) is 5.11 Å².